The summed E-state index contributed by atoms with van der Waals surface area (Å²) >= 11 is 0. The van der Waals surface area contributed by atoms with E-state index >= 15 is 0 Å². The second-order valence-electron chi connectivity index (χ2n) is 5.96. The molecular weight excluding hydrogens is 370 g/mol. The maximum Gasteiger partial charge on any atom is 0.326 e. The number of amides is 1. The topological polar surface area (TPSA) is 96.9 Å². The second kappa shape index (κ2) is 7.85. The molecule has 0 N–H and O–H groups in total. The number of esters is 1. The lowest BCUT2D eigenvalue weighted by Crippen LogP contribution is -2.59. The van der Waals surface area contributed by atoms with E-state index in [2.05, 4.69) is 4.98 Å². The van der Waals surface area contributed by atoms with Gasteiger partial charge in [0.25, 0.3) is 5.91 Å². The van der Waals surface area contributed by atoms with Crippen molar-refractivity contribution in [2.75, 3.05) is 26.7 Å². The van der Waals surface area contributed by atoms with E-state index in [1.807, 2.05) is 0 Å². The summed E-state index contributed by atoms with van der Waals surface area (Å²) in [6.45, 7) is 0.0583. The normalized spacial score (nSPS) is 18.1. The summed E-state index contributed by atoms with van der Waals surface area (Å²) in [5.41, 5.74) is 0.375. The third-order valence-corrected chi connectivity index (χ3v) is 6.27. The molecule has 1 fully saturated rings. The van der Waals surface area contributed by atoms with Crippen LogP contribution in [-0.2, 0) is 19.6 Å². The van der Waals surface area contributed by atoms with Crippen LogP contribution in [0.2, 0.25) is 0 Å². The molecule has 2 aromatic rings. The number of carbonyl (C=O) groups excluding carboxylic acids is 2. The van der Waals surface area contributed by atoms with Crippen molar-refractivity contribution >= 4 is 21.9 Å². The Hall–Kier alpha value is -2.78. The van der Waals surface area contributed by atoms with E-state index in [-0.39, 0.29) is 30.4 Å². The molecule has 0 saturated carbocycles. The van der Waals surface area contributed by atoms with E-state index in [1.54, 1.807) is 36.5 Å². The maximum absolute atomic E-state index is 13.0. The van der Waals surface area contributed by atoms with Crippen molar-refractivity contribution in [2.24, 2.45) is 0 Å². The smallest absolute Gasteiger partial charge is 0.326 e. The van der Waals surface area contributed by atoms with Crippen LogP contribution in [0.5, 0.6) is 0 Å². The summed E-state index contributed by atoms with van der Waals surface area (Å²) in [6.07, 6.45) is 2.99. The molecule has 9 heteroatoms. The van der Waals surface area contributed by atoms with Crippen LogP contribution in [0.4, 0.5) is 0 Å². The molecule has 1 aliphatic rings. The number of pyridine rings is 1. The van der Waals surface area contributed by atoms with Gasteiger partial charge in [0.05, 0.1) is 17.6 Å². The molecule has 1 aliphatic heterocycles. The van der Waals surface area contributed by atoms with Gasteiger partial charge in [-0.25, -0.2) is 8.42 Å². The van der Waals surface area contributed by atoms with Gasteiger partial charge in [0.15, 0.2) is 0 Å². The van der Waals surface area contributed by atoms with E-state index in [4.69, 9.17) is 4.74 Å². The predicted octanol–water partition coefficient (Wildman–Crippen LogP) is 0.770. The predicted molar refractivity (Wildman–Crippen MR) is 96.3 cm³/mol. The average molecular weight is 389 g/mol. The number of hydrogen-bond donors (Lipinski definition) is 0. The van der Waals surface area contributed by atoms with Crippen LogP contribution >= 0.6 is 0 Å². The molecule has 142 valence electrons. The third-order valence-electron chi connectivity index (χ3n) is 4.35. The first-order valence-corrected chi connectivity index (χ1v) is 9.73. The monoisotopic (exact) mass is 389 g/mol. The summed E-state index contributed by atoms with van der Waals surface area (Å²) in [5.74, 6) is -1.02. The molecule has 1 aromatic carbocycles. The number of piperazine rings is 1. The highest BCUT2D eigenvalue weighted by Gasteiger charge is 2.42. The molecule has 0 aliphatic carbocycles. The van der Waals surface area contributed by atoms with Crippen LogP contribution in [0.3, 0.4) is 0 Å². The standard InChI is InChI=1S/C18H19N3O5S/c1-26-18(23)16-13-20(17(22)14-6-5-9-19-12-14)10-11-21(16)27(24,25)15-7-3-2-4-8-15/h2-9,12,16H,10-11,13H2,1H3. The van der Waals surface area contributed by atoms with Gasteiger partial charge in [-0.1, -0.05) is 18.2 Å². The fourth-order valence-corrected chi connectivity index (χ4v) is 4.55. The molecule has 0 spiro atoms. The molecule has 1 amide bonds. The highest BCUT2D eigenvalue weighted by Crippen LogP contribution is 2.23. The van der Waals surface area contributed by atoms with E-state index in [9.17, 15) is 18.0 Å². The molecule has 2 heterocycles. The number of nitrogens with zero attached hydrogens (tertiary/aromatic N) is 3. The fourth-order valence-electron chi connectivity index (χ4n) is 2.97. The number of aromatic nitrogens is 1. The second-order valence-corrected chi connectivity index (χ2v) is 7.85. The molecule has 1 saturated heterocycles. The lowest BCUT2D eigenvalue weighted by atomic mass is 10.1. The number of sulfonamides is 1. The van der Waals surface area contributed by atoms with Gasteiger partial charge >= 0.3 is 5.97 Å². The van der Waals surface area contributed by atoms with E-state index in [0.717, 1.165) is 4.31 Å². The van der Waals surface area contributed by atoms with E-state index in [1.165, 1.54) is 30.3 Å². The Bertz CT molecular complexity index is 919. The highest BCUT2D eigenvalue weighted by atomic mass is 32.2. The molecule has 0 radical (unpaired) electrons. The average Bonchev–Trinajstić information content (AvgIpc) is 2.73. The van der Waals surface area contributed by atoms with Crippen LogP contribution in [0.25, 0.3) is 0 Å². The number of carbonyl (C=O) groups is 2. The van der Waals surface area contributed by atoms with Gasteiger partial charge in [-0.2, -0.15) is 4.31 Å². The van der Waals surface area contributed by atoms with Crippen molar-refractivity contribution in [3.63, 3.8) is 0 Å². The highest BCUT2D eigenvalue weighted by molar-refractivity contribution is 7.89. The van der Waals surface area contributed by atoms with Crippen molar-refractivity contribution in [3.05, 3.63) is 60.4 Å². The SMILES string of the molecule is COC(=O)C1CN(C(=O)c2cccnc2)CCN1S(=O)(=O)c1ccccc1. The van der Waals surface area contributed by atoms with Gasteiger partial charge in [-0.15, -0.1) is 0 Å². The minimum absolute atomic E-state index is 0.0109. The molecule has 1 atom stereocenters. The Balaban J connectivity index is 1.88. The Labute approximate surface area is 157 Å². The molecular formula is C18H19N3O5S. The van der Waals surface area contributed by atoms with Crippen molar-refractivity contribution in [1.29, 1.82) is 0 Å². The largest absolute Gasteiger partial charge is 0.468 e. The van der Waals surface area contributed by atoms with Crippen molar-refractivity contribution < 1.29 is 22.7 Å². The minimum Gasteiger partial charge on any atom is -0.468 e. The number of benzene rings is 1. The molecule has 1 unspecified atom stereocenters. The molecule has 8 nitrogen and oxygen atoms in total. The summed E-state index contributed by atoms with van der Waals surface area (Å²) in [5, 5.41) is 0. The van der Waals surface area contributed by atoms with E-state index < -0.39 is 22.0 Å². The van der Waals surface area contributed by atoms with Crippen LogP contribution in [0.15, 0.2) is 59.8 Å². The number of rotatable bonds is 4. The van der Waals surface area contributed by atoms with Gasteiger partial charge < -0.3 is 9.64 Å². The number of ether oxygens (including phenoxy) is 1. The number of hydrogen-bond acceptors (Lipinski definition) is 6. The first-order chi connectivity index (χ1) is 12.9. The Kier molecular flexibility index (Phi) is 5.52. The maximum atomic E-state index is 13.0. The first-order valence-electron chi connectivity index (χ1n) is 8.29. The van der Waals surface area contributed by atoms with Gasteiger partial charge in [0.1, 0.15) is 6.04 Å². The van der Waals surface area contributed by atoms with Gasteiger partial charge in [0, 0.05) is 32.0 Å². The zero-order chi connectivity index (χ0) is 19.4. The number of methoxy groups -OCH3 is 1. The molecule has 27 heavy (non-hydrogen) atoms. The summed E-state index contributed by atoms with van der Waals surface area (Å²) in [4.78, 5) is 30.4. The summed E-state index contributed by atoms with van der Waals surface area (Å²) in [7, 11) is -2.71. The zero-order valence-corrected chi connectivity index (χ0v) is 15.5. The van der Waals surface area contributed by atoms with Crippen LogP contribution < -0.4 is 0 Å². The van der Waals surface area contributed by atoms with Crippen molar-refractivity contribution in [3.8, 4) is 0 Å². The van der Waals surface area contributed by atoms with Gasteiger partial charge in [-0.3, -0.25) is 14.6 Å². The van der Waals surface area contributed by atoms with Gasteiger partial charge in [0.2, 0.25) is 10.0 Å². The minimum atomic E-state index is -3.90. The molecule has 0 bridgehead atoms. The fraction of sp³-hybridized carbons (Fsp3) is 0.278. The van der Waals surface area contributed by atoms with Crippen molar-refractivity contribution in [1.82, 2.24) is 14.2 Å². The van der Waals surface area contributed by atoms with Crippen LogP contribution in [-0.4, -0.2) is 67.3 Å². The molecule has 3 rings (SSSR count). The first kappa shape index (κ1) is 19.0. The molecule has 1 aromatic heterocycles. The van der Waals surface area contributed by atoms with E-state index in [0.29, 0.717) is 5.56 Å². The van der Waals surface area contributed by atoms with Gasteiger partial charge in [-0.05, 0) is 24.3 Å². The Morgan fingerprint density at radius 2 is 1.85 bits per heavy atom. The van der Waals surface area contributed by atoms with Crippen LogP contribution in [0.1, 0.15) is 10.4 Å². The lowest BCUT2D eigenvalue weighted by Gasteiger charge is -2.38. The lowest BCUT2D eigenvalue weighted by molar-refractivity contribution is -0.146. The Morgan fingerprint density at radius 3 is 2.48 bits per heavy atom. The Morgan fingerprint density at radius 1 is 1.11 bits per heavy atom. The summed E-state index contributed by atoms with van der Waals surface area (Å²) < 4.78 is 31.8. The van der Waals surface area contributed by atoms with Crippen LogP contribution in [0, 0.1) is 0 Å². The summed E-state index contributed by atoms with van der Waals surface area (Å²) in [6, 6.07) is 10.0. The zero-order valence-electron chi connectivity index (χ0n) is 14.7. The van der Waals surface area contributed by atoms with Crippen molar-refractivity contribution in [2.45, 2.75) is 10.9 Å². The third kappa shape index (κ3) is 3.83. The quantitative estimate of drug-likeness (QED) is 0.717.